The summed E-state index contributed by atoms with van der Waals surface area (Å²) in [5.41, 5.74) is 4.77. The Morgan fingerprint density at radius 2 is 1.65 bits per heavy atom. The number of aliphatic hydroxyl groups excluding tert-OH is 2. The van der Waals surface area contributed by atoms with Crippen molar-refractivity contribution in [3.63, 3.8) is 0 Å². The Morgan fingerprint density at radius 3 is 1.65 bits per heavy atom. The van der Waals surface area contributed by atoms with Crippen LogP contribution in [0.5, 0.6) is 0 Å². The van der Waals surface area contributed by atoms with Crippen molar-refractivity contribution in [2.24, 2.45) is 5.73 Å². The standard InChI is InChI=1S/C3H7NO3.C3H5O6P/c4-2(1-5)3(6)7;4-1-3(7,2(5)6)10(8)9/h2,5H,1,4H2,(H,6,7);4,7H,1H2,(H,5,6)/t2-;/m0./s1. The smallest absolute Gasteiger partial charge is 0.362 e. The van der Waals surface area contributed by atoms with Crippen LogP contribution in [0, 0.1) is 0 Å². The van der Waals surface area contributed by atoms with Crippen LogP contribution in [0.4, 0.5) is 0 Å². The number of carboxylic acids is 2. The quantitative estimate of drug-likeness (QED) is 0.287. The van der Waals surface area contributed by atoms with Gasteiger partial charge in [0, 0.05) is 0 Å². The van der Waals surface area contributed by atoms with Gasteiger partial charge in [0.2, 0.25) is 0 Å². The fourth-order valence-corrected chi connectivity index (χ4v) is 0.553. The Morgan fingerprint density at radius 1 is 1.24 bits per heavy atom. The summed E-state index contributed by atoms with van der Waals surface area (Å²) in [7, 11) is -3.58. The number of aliphatic hydroxyl groups is 3. The molecular weight excluding hydrogens is 261 g/mol. The molecule has 7 N–H and O–H groups in total. The fourth-order valence-electron chi connectivity index (χ4n) is 0.282. The van der Waals surface area contributed by atoms with Crippen LogP contribution in [0.3, 0.4) is 0 Å². The van der Waals surface area contributed by atoms with Gasteiger partial charge in [0.1, 0.15) is 6.04 Å². The van der Waals surface area contributed by atoms with Gasteiger partial charge in [-0.15, -0.1) is 0 Å². The van der Waals surface area contributed by atoms with Gasteiger partial charge in [0.15, 0.2) is 0 Å². The van der Waals surface area contributed by atoms with Crippen molar-refractivity contribution in [2.45, 2.75) is 11.4 Å². The van der Waals surface area contributed by atoms with E-state index in [1.165, 1.54) is 0 Å². The molecule has 100 valence electrons. The molecule has 0 bridgehead atoms. The highest BCUT2D eigenvalue weighted by Gasteiger charge is 2.42. The van der Waals surface area contributed by atoms with Crippen LogP contribution < -0.4 is 5.73 Å². The molecule has 2 atom stereocenters. The maximum absolute atomic E-state index is 9.94. The molecule has 0 aromatic heterocycles. The van der Waals surface area contributed by atoms with Crippen LogP contribution in [0.15, 0.2) is 0 Å². The second-order valence-electron chi connectivity index (χ2n) is 2.66. The monoisotopic (exact) mass is 273 g/mol. The first-order valence-corrected chi connectivity index (χ1v) is 5.11. The first kappa shape index (κ1) is 18.1. The topological polar surface area (TPSA) is 195 Å². The van der Waals surface area contributed by atoms with Crippen LogP contribution in [0.2, 0.25) is 0 Å². The summed E-state index contributed by atoms with van der Waals surface area (Å²) in [6.45, 7) is -1.85. The molecule has 0 aliphatic carbocycles. The predicted molar refractivity (Wildman–Crippen MR) is 50.7 cm³/mol. The highest BCUT2D eigenvalue weighted by atomic mass is 31.1. The third-order valence-electron chi connectivity index (χ3n) is 1.38. The molecule has 0 heterocycles. The molecule has 0 amide bonds. The summed E-state index contributed by atoms with van der Waals surface area (Å²) in [6.07, 6.45) is 0. The highest BCUT2D eigenvalue weighted by Crippen LogP contribution is 2.25. The summed E-state index contributed by atoms with van der Waals surface area (Å²) in [6, 6.07) is -1.13. The Kier molecular flexibility index (Phi) is 8.36. The van der Waals surface area contributed by atoms with E-state index in [-0.39, 0.29) is 0 Å². The van der Waals surface area contributed by atoms with Crippen molar-refractivity contribution < 1.29 is 44.3 Å². The molecule has 0 fully saturated rings. The van der Waals surface area contributed by atoms with E-state index < -0.39 is 44.2 Å². The molecule has 0 saturated carbocycles. The molecule has 0 aliphatic heterocycles. The average Bonchev–Trinajstić information content (AvgIpc) is 2.26. The van der Waals surface area contributed by atoms with Crippen LogP contribution in [-0.2, 0) is 18.7 Å². The Bertz CT molecular complexity index is 332. The van der Waals surface area contributed by atoms with Gasteiger partial charge in [-0.25, -0.2) is 13.9 Å². The lowest BCUT2D eigenvalue weighted by molar-refractivity contribution is -0.152. The minimum Gasteiger partial charge on any atom is -0.480 e. The second-order valence-corrected chi connectivity index (χ2v) is 3.92. The zero-order valence-electron chi connectivity index (χ0n) is 8.39. The summed E-state index contributed by atoms with van der Waals surface area (Å²) in [5, 5.41) is 37.5. The normalized spacial score (nSPS) is 14.8. The maximum Gasteiger partial charge on any atom is 0.362 e. The van der Waals surface area contributed by atoms with Crippen LogP contribution >= 0.6 is 7.68 Å². The fraction of sp³-hybridized carbons (Fsp3) is 0.667. The van der Waals surface area contributed by atoms with Gasteiger partial charge in [0.25, 0.3) is 5.34 Å². The largest absolute Gasteiger partial charge is 0.480 e. The van der Waals surface area contributed by atoms with Crippen LogP contribution in [0.1, 0.15) is 0 Å². The number of hydrogen-bond donors (Lipinski definition) is 6. The van der Waals surface area contributed by atoms with Crippen molar-refractivity contribution in [1.29, 1.82) is 0 Å². The van der Waals surface area contributed by atoms with E-state index in [1.54, 1.807) is 0 Å². The van der Waals surface area contributed by atoms with Gasteiger partial charge in [-0.05, 0) is 0 Å². The minimum atomic E-state index is -3.58. The van der Waals surface area contributed by atoms with E-state index in [9.17, 15) is 18.7 Å². The average molecular weight is 273 g/mol. The summed E-state index contributed by atoms with van der Waals surface area (Å²) in [4.78, 5) is 19.5. The number of rotatable bonds is 5. The molecule has 0 aromatic carbocycles. The first-order valence-electron chi connectivity index (χ1n) is 3.93. The van der Waals surface area contributed by atoms with Gasteiger partial charge in [-0.3, -0.25) is 4.79 Å². The van der Waals surface area contributed by atoms with Gasteiger partial charge >= 0.3 is 19.6 Å². The summed E-state index contributed by atoms with van der Waals surface area (Å²) >= 11 is 0. The zero-order chi connectivity index (χ0) is 14.2. The van der Waals surface area contributed by atoms with E-state index in [0.717, 1.165) is 0 Å². The van der Waals surface area contributed by atoms with Crippen molar-refractivity contribution in [3.8, 4) is 0 Å². The molecule has 10 nitrogen and oxygen atoms in total. The maximum atomic E-state index is 9.94. The van der Waals surface area contributed by atoms with Crippen molar-refractivity contribution in [1.82, 2.24) is 0 Å². The van der Waals surface area contributed by atoms with E-state index in [1.807, 2.05) is 0 Å². The molecule has 17 heavy (non-hydrogen) atoms. The summed E-state index contributed by atoms with van der Waals surface area (Å²) in [5.74, 6) is -3.16. The molecule has 1 unspecified atom stereocenters. The zero-order valence-corrected chi connectivity index (χ0v) is 9.28. The van der Waals surface area contributed by atoms with E-state index in [2.05, 4.69) is 0 Å². The number of nitrogens with two attached hydrogens (primary N) is 1. The van der Waals surface area contributed by atoms with E-state index in [0.29, 0.717) is 0 Å². The molecule has 0 saturated heterocycles. The predicted octanol–water partition coefficient (Wildman–Crippen LogP) is -2.68. The number of hydrogen-bond acceptors (Lipinski definition) is 8. The van der Waals surface area contributed by atoms with Gasteiger partial charge < -0.3 is 31.3 Å². The molecule has 0 spiro atoms. The Hall–Kier alpha value is -1.32. The number of carbonyl (C=O) groups is 2. The summed E-state index contributed by atoms with van der Waals surface area (Å²) < 4.78 is 19.9. The lowest BCUT2D eigenvalue weighted by Crippen LogP contribution is -2.36. The van der Waals surface area contributed by atoms with Crippen LogP contribution in [-0.4, -0.2) is 62.1 Å². The SMILES string of the molecule is N[C@@H](CO)C(=O)O.O=C(O)C(O)(CO)P(=O)=O. The molecule has 0 aromatic rings. The Balaban J connectivity index is 0. The van der Waals surface area contributed by atoms with Crippen molar-refractivity contribution in [3.05, 3.63) is 0 Å². The molecule has 0 aliphatic rings. The highest BCUT2D eigenvalue weighted by molar-refractivity contribution is 7.34. The van der Waals surface area contributed by atoms with E-state index >= 15 is 0 Å². The minimum absolute atomic E-state index is 0.505. The molecular formula is C6H12NO9P. The number of carboxylic acid groups (broad SMARTS) is 2. The molecule has 11 heteroatoms. The van der Waals surface area contributed by atoms with Crippen molar-refractivity contribution >= 4 is 19.6 Å². The molecule has 0 radical (unpaired) electrons. The van der Waals surface area contributed by atoms with Crippen LogP contribution in [0.25, 0.3) is 0 Å². The van der Waals surface area contributed by atoms with Gasteiger partial charge in [-0.1, -0.05) is 0 Å². The lowest BCUT2D eigenvalue weighted by atomic mass is 10.3. The van der Waals surface area contributed by atoms with E-state index in [4.69, 9.17) is 31.3 Å². The second kappa shape index (κ2) is 7.87. The van der Waals surface area contributed by atoms with Crippen molar-refractivity contribution in [2.75, 3.05) is 13.2 Å². The third-order valence-corrected chi connectivity index (χ3v) is 2.32. The van der Waals surface area contributed by atoms with Gasteiger partial charge in [0.05, 0.1) is 13.2 Å². The lowest BCUT2D eigenvalue weighted by Gasteiger charge is -2.08. The molecule has 0 rings (SSSR count). The first-order chi connectivity index (χ1) is 7.63. The third kappa shape index (κ3) is 6.09. The number of aliphatic carboxylic acids is 2. The Labute approximate surface area is 95.1 Å². The van der Waals surface area contributed by atoms with Gasteiger partial charge in [-0.2, -0.15) is 0 Å².